The van der Waals surface area contributed by atoms with Crippen LogP contribution >= 0.6 is 23.2 Å². The van der Waals surface area contributed by atoms with E-state index in [2.05, 4.69) is 20.1 Å². The summed E-state index contributed by atoms with van der Waals surface area (Å²) in [4.78, 5) is 12.8. The molecule has 142 valence electrons. The number of ether oxygens (including phenoxy) is 1. The third-order valence-electron chi connectivity index (χ3n) is 4.37. The highest BCUT2D eigenvalue weighted by atomic mass is 35.5. The van der Waals surface area contributed by atoms with Crippen LogP contribution in [0.15, 0.2) is 43.0 Å². The average Bonchev–Trinajstić information content (AvgIpc) is 3.16. The second-order valence-corrected chi connectivity index (χ2v) is 6.76. The summed E-state index contributed by atoms with van der Waals surface area (Å²) in [6.45, 7) is 2.94. The van der Waals surface area contributed by atoms with Crippen molar-refractivity contribution in [3.05, 3.63) is 58.9 Å². The second-order valence-electron chi connectivity index (χ2n) is 5.98. The van der Waals surface area contributed by atoms with Crippen LogP contribution in [0.2, 0.25) is 10.0 Å². The molecule has 0 atom stereocenters. The molecule has 7 nitrogen and oxygen atoms in total. The van der Waals surface area contributed by atoms with Gasteiger partial charge in [-0.25, -0.2) is 19.6 Å². The predicted molar refractivity (Wildman–Crippen MR) is 109 cm³/mol. The van der Waals surface area contributed by atoms with Gasteiger partial charge in [-0.1, -0.05) is 35.3 Å². The van der Waals surface area contributed by atoms with Gasteiger partial charge in [0.05, 0.1) is 20.9 Å². The molecule has 0 saturated heterocycles. The molecule has 2 N–H and O–H groups in total. The third-order valence-corrected chi connectivity index (χ3v) is 5.19. The molecule has 0 aliphatic heterocycles. The first kappa shape index (κ1) is 18.5. The Hall–Kier alpha value is -2.90. The maximum absolute atomic E-state index is 6.41. The van der Waals surface area contributed by atoms with E-state index in [9.17, 15) is 0 Å². The molecule has 0 spiro atoms. The summed E-state index contributed by atoms with van der Waals surface area (Å²) in [5.41, 5.74) is 8.34. The lowest BCUT2D eigenvalue weighted by Gasteiger charge is -2.14. The Morgan fingerprint density at radius 3 is 2.71 bits per heavy atom. The zero-order chi connectivity index (χ0) is 19.7. The lowest BCUT2D eigenvalue weighted by molar-refractivity contribution is 0.291. The van der Waals surface area contributed by atoms with Gasteiger partial charge in [-0.2, -0.15) is 5.10 Å². The summed E-state index contributed by atoms with van der Waals surface area (Å²) >= 11 is 12.6. The zero-order valence-electron chi connectivity index (χ0n) is 14.9. The highest BCUT2D eigenvalue weighted by Crippen LogP contribution is 2.40. The van der Waals surface area contributed by atoms with Crippen molar-refractivity contribution in [3.63, 3.8) is 0 Å². The van der Waals surface area contributed by atoms with Crippen LogP contribution in [-0.4, -0.2) is 24.7 Å². The first-order valence-electron chi connectivity index (χ1n) is 8.57. The van der Waals surface area contributed by atoms with E-state index in [1.807, 2.05) is 31.2 Å². The number of benzene rings is 2. The summed E-state index contributed by atoms with van der Waals surface area (Å²) < 4.78 is 7.76. The standard InChI is InChI=1S/C19H16Cl2N6O/c1-2-27-15(23-10-26-27)8-28-14-7-6-12(11-4-3-5-13(20)17(11)21)18-16(14)19(22)25-9-24-18/h3-7,9-10H,2,8H2,1H3,(H2,22,24,25). The maximum atomic E-state index is 6.41. The second kappa shape index (κ2) is 7.61. The molecule has 2 heterocycles. The van der Waals surface area contributed by atoms with Gasteiger partial charge in [-0.05, 0) is 25.1 Å². The van der Waals surface area contributed by atoms with Gasteiger partial charge >= 0.3 is 0 Å². The Kier molecular flexibility index (Phi) is 5.02. The van der Waals surface area contributed by atoms with E-state index < -0.39 is 0 Å². The Morgan fingerprint density at radius 1 is 1.04 bits per heavy atom. The van der Waals surface area contributed by atoms with Gasteiger partial charge in [-0.15, -0.1) is 0 Å². The maximum Gasteiger partial charge on any atom is 0.164 e. The molecule has 2 aromatic heterocycles. The molecule has 4 aromatic rings. The quantitative estimate of drug-likeness (QED) is 0.520. The van der Waals surface area contributed by atoms with Gasteiger partial charge in [0.25, 0.3) is 0 Å². The number of rotatable bonds is 5. The van der Waals surface area contributed by atoms with Crippen molar-refractivity contribution >= 4 is 39.9 Å². The van der Waals surface area contributed by atoms with Crippen molar-refractivity contribution in [3.8, 4) is 16.9 Å². The van der Waals surface area contributed by atoms with Crippen LogP contribution in [0, 0.1) is 0 Å². The molecule has 0 aliphatic rings. The Morgan fingerprint density at radius 2 is 1.89 bits per heavy atom. The molecule has 28 heavy (non-hydrogen) atoms. The van der Waals surface area contributed by atoms with E-state index in [-0.39, 0.29) is 6.61 Å². The van der Waals surface area contributed by atoms with Crippen LogP contribution in [0.4, 0.5) is 5.82 Å². The summed E-state index contributed by atoms with van der Waals surface area (Å²) in [6, 6.07) is 9.15. The number of nitrogens with two attached hydrogens (primary N) is 1. The van der Waals surface area contributed by atoms with Crippen LogP contribution in [0.5, 0.6) is 5.75 Å². The number of hydrogen-bond donors (Lipinski definition) is 1. The third kappa shape index (κ3) is 3.23. The SMILES string of the molecule is CCn1ncnc1COc1ccc(-c2cccc(Cl)c2Cl)c2ncnc(N)c12. The van der Waals surface area contributed by atoms with Gasteiger partial charge in [0, 0.05) is 17.7 Å². The summed E-state index contributed by atoms with van der Waals surface area (Å²) in [6.07, 6.45) is 2.92. The number of nitrogen functional groups attached to an aromatic ring is 1. The van der Waals surface area contributed by atoms with Crippen molar-refractivity contribution in [2.75, 3.05) is 5.73 Å². The van der Waals surface area contributed by atoms with E-state index in [4.69, 9.17) is 33.7 Å². The fourth-order valence-corrected chi connectivity index (χ4v) is 3.43. The minimum absolute atomic E-state index is 0.245. The molecule has 2 aromatic carbocycles. The first-order chi connectivity index (χ1) is 13.6. The predicted octanol–water partition coefficient (Wildman–Crippen LogP) is 4.38. The molecule has 9 heteroatoms. The number of nitrogens with zero attached hydrogens (tertiary/aromatic N) is 5. The van der Waals surface area contributed by atoms with Crippen molar-refractivity contribution in [1.82, 2.24) is 24.7 Å². The van der Waals surface area contributed by atoms with Crippen LogP contribution in [-0.2, 0) is 13.2 Å². The number of aromatic nitrogens is 5. The molecule has 0 amide bonds. The van der Waals surface area contributed by atoms with Crippen molar-refractivity contribution < 1.29 is 4.74 Å². The normalized spacial score (nSPS) is 11.1. The summed E-state index contributed by atoms with van der Waals surface area (Å²) in [5.74, 6) is 1.59. The number of halogens is 2. The number of aryl methyl sites for hydroxylation is 1. The van der Waals surface area contributed by atoms with E-state index in [1.165, 1.54) is 12.7 Å². The highest BCUT2D eigenvalue weighted by Gasteiger charge is 2.17. The number of fused-ring (bicyclic) bond motifs is 1. The monoisotopic (exact) mass is 414 g/mol. The van der Waals surface area contributed by atoms with Crippen LogP contribution < -0.4 is 10.5 Å². The molecule has 0 bridgehead atoms. The Balaban J connectivity index is 1.81. The largest absolute Gasteiger partial charge is 0.485 e. The molecule has 0 saturated carbocycles. The first-order valence-corrected chi connectivity index (χ1v) is 9.32. The smallest absolute Gasteiger partial charge is 0.164 e. The lowest BCUT2D eigenvalue weighted by atomic mass is 10.0. The van der Waals surface area contributed by atoms with Crippen molar-refractivity contribution in [2.45, 2.75) is 20.1 Å². The van der Waals surface area contributed by atoms with Crippen LogP contribution in [0.3, 0.4) is 0 Å². The molecule has 0 unspecified atom stereocenters. The molecular formula is C19H16Cl2N6O. The van der Waals surface area contributed by atoms with E-state index in [0.29, 0.717) is 44.9 Å². The fourth-order valence-electron chi connectivity index (χ4n) is 3.02. The van der Waals surface area contributed by atoms with Gasteiger partial charge in [0.2, 0.25) is 0 Å². The van der Waals surface area contributed by atoms with Gasteiger partial charge < -0.3 is 10.5 Å². The summed E-state index contributed by atoms with van der Waals surface area (Å²) in [5, 5.41) is 5.67. The van der Waals surface area contributed by atoms with Crippen LogP contribution in [0.1, 0.15) is 12.7 Å². The van der Waals surface area contributed by atoms with Gasteiger partial charge in [-0.3, -0.25) is 0 Å². The van der Waals surface area contributed by atoms with E-state index in [1.54, 1.807) is 10.7 Å². The minimum atomic E-state index is 0.245. The lowest BCUT2D eigenvalue weighted by Crippen LogP contribution is -2.08. The van der Waals surface area contributed by atoms with E-state index in [0.717, 1.165) is 11.1 Å². The van der Waals surface area contributed by atoms with Crippen molar-refractivity contribution in [1.29, 1.82) is 0 Å². The van der Waals surface area contributed by atoms with E-state index >= 15 is 0 Å². The average molecular weight is 415 g/mol. The molecular weight excluding hydrogens is 399 g/mol. The fraction of sp³-hybridized carbons (Fsp3) is 0.158. The number of anilines is 1. The number of hydrogen-bond acceptors (Lipinski definition) is 6. The Bertz CT molecular complexity index is 1160. The molecule has 4 rings (SSSR count). The minimum Gasteiger partial charge on any atom is -0.485 e. The molecule has 0 fully saturated rings. The van der Waals surface area contributed by atoms with Gasteiger partial charge in [0.1, 0.15) is 30.8 Å². The Labute approximate surface area is 171 Å². The van der Waals surface area contributed by atoms with Crippen LogP contribution in [0.25, 0.3) is 22.0 Å². The topological polar surface area (TPSA) is 91.7 Å². The molecule has 0 radical (unpaired) electrons. The molecule has 0 aliphatic carbocycles. The van der Waals surface area contributed by atoms with Gasteiger partial charge in [0.15, 0.2) is 5.82 Å². The zero-order valence-corrected chi connectivity index (χ0v) is 16.4. The van der Waals surface area contributed by atoms with Crippen molar-refractivity contribution in [2.24, 2.45) is 0 Å². The summed E-state index contributed by atoms with van der Waals surface area (Å²) in [7, 11) is 0. The highest BCUT2D eigenvalue weighted by molar-refractivity contribution is 6.44.